The second-order valence-corrected chi connectivity index (χ2v) is 9.41. The molecule has 6 nitrogen and oxygen atoms in total. The van der Waals surface area contributed by atoms with Gasteiger partial charge < -0.3 is 5.11 Å². The molecule has 1 fully saturated rings. The fourth-order valence-corrected chi connectivity index (χ4v) is 4.84. The molecule has 1 aromatic rings. The Hall–Kier alpha value is -2.17. The Morgan fingerprint density at radius 3 is 2.45 bits per heavy atom. The van der Waals surface area contributed by atoms with Gasteiger partial charge in [0.15, 0.2) is 0 Å². The van der Waals surface area contributed by atoms with Crippen molar-refractivity contribution < 1.29 is 18.3 Å². The fourth-order valence-electron chi connectivity index (χ4n) is 3.41. The number of aliphatic imine (C=N–C) groups is 1. The summed E-state index contributed by atoms with van der Waals surface area (Å²) in [4.78, 5) is 14.4. The van der Waals surface area contributed by atoms with Crippen LogP contribution in [-0.2, 0) is 10.0 Å². The Balaban J connectivity index is 1.99. The average Bonchev–Trinajstić information content (AvgIpc) is 2.68. The van der Waals surface area contributed by atoms with Gasteiger partial charge in [-0.3, -0.25) is 0 Å². The van der Waals surface area contributed by atoms with Gasteiger partial charge in [0.1, 0.15) is 11.5 Å². The molecule has 0 aromatic heterocycles. The fraction of sp³-hybridized carbons (Fsp3) is 0.545. The zero-order valence-electron chi connectivity index (χ0n) is 17.2. The van der Waals surface area contributed by atoms with Gasteiger partial charge in [0, 0.05) is 19.5 Å². The van der Waals surface area contributed by atoms with Gasteiger partial charge in [-0.1, -0.05) is 55.5 Å². The number of hydrogen-bond donors (Lipinski definition) is 1. The Labute approximate surface area is 174 Å². The summed E-state index contributed by atoms with van der Waals surface area (Å²) in [6.07, 6.45) is 3.68. The van der Waals surface area contributed by atoms with E-state index in [0.29, 0.717) is 25.4 Å². The van der Waals surface area contributed by atoms with Crippen molar-refractivity contribution in [3.8, 4) is 11.8 Å². The molecule has 0 atom stereocenters. The van der Waals surface area contributed by atoms with Gasteiger partial charge in [0.05, 0.1) is 0 Å². The minimum absolute atomic E-state index is 0.102. The van der Waals surface area contributed by atoms with E-state index >= 15 is 0 Å². The Bertz CT molecular complexity index is 872. The third-order valence-electron chi connectivity index (χ3n) is 5.08. The van der Waals surface area contributed by atoms with Crippen molar-refractivity contribution in [3.63, 3.8) is 0 Å². The number of unbranched alkanes of at least 4 members (excludes halogenated alkanes) is 3. The second-order valence-electron chi connectivity index (χ2n) is 7.44. The molecule has 1 aromatic carbocycles. The standard InChI is InChI=1S/C22H30N2O4S/c1-3-4-5-6-7-8-21(23-22(25)26)17-29(27,28)24-15-13-20(14-16-24)19-11-9-18(2)10-12-19/h9-12,20H,3-6,13-17H2,1-2H3,(H,25,26). The van der Waals surface area contributed by atoms with Crippen molar-refractivity contribution in [1.82, 2.24) is 4.31 Å². The summed E-state index contributed by atoms with van der Waals surface area (Å²) < 4.78 is 27.0. The Kier molecular flexibility index (Phi) is 8.87. The summed E-state index contributed by atoms with van der Waals surface area (Å²) in [6.45, 7) is 4.97. The molecule has 29 heavy (non-hydrogen) atoms. The van der Waals surface area contributed by atoms with Crippen molar-refractivity contribution >= 4 is 21.8 Å². The van der Waals surface area contributed by atoms with Crippen molar-refractivity contribution in [1.29, 1.82) is 0 Å². The van der Waals surface area contributed by atoms with Crippen LogP contribution in [0.5, 0.6) is 0 Å². The molecule has 0 saturated carbocycles. The number of piperidine rings is 1. The highest BCUT2D eigenvalue weighted by molar-refractivity contribution is 7.89. The molecule has 0 radical (unpaired) electrons. The van der Waals surface area contributed by atoms with Crippen LogP contribution >= 0.6 is 0 Å². The van der Waals surface area contributed by atoms with Crippen LogP contribution in [0.1, 0.15) is 62.5 Å². The predicted molar refractivity (Wildman–Crippen MR) is 116 cm³/mol. The summed E-state index contributed by atoms with van der Waals surface area (Å²) >= 11 is 0. The molecule has 7 heteroatoms. The number of carbonyl (C=O) groups is 1. The van der Waals surface area contributed by atoms with Crippen molar-refractivity contribution in [2.45, 2.75) is 58.3 Å². The molecule has 1 aliphatic heterocycles. The molecule has 0 unspecified atom stereocenters. The van der Waals surface area contributed by atoms with E-state index in [4.69, 9.17) is 5.11 Å². The highest BCUT2D eigenvalue weighted by atomic mass is 32.2. The smallest absolute Gasteiger partial charge is 0.432 e. The highest BCUT2D eigenvalue weighted by Crippen LogP contribution is 2.29. The lowest BCUT2D eigenvalue weighted by Crippen LogP contribution is -2.40. The lowest BCUT2D eigenvalue weighted by molar-refractivity contribution is 0.206. The lowest BCUT2D eigenvalue weighted by atomic mass is 9.90. The minimum atomic E-state index is -3.65. The molecular formula is C22H30N2O4S. The van der Waals surface area contributed by atoms with E-state index in [1.807, 2.05) is 6.92 Å². The lowest BCUT2D eigenvalue weighted by Gasteiger charge is -2.31. The number of carboxylic acid groups (broad SMARTS) is 1. The van der Waals surface area contributed by atoms with E-state index in [1.165, 1.54) is 15.4 Å². The van der Waals surface area contributed by atoms with Crippen molar-refractivity contribution in [2.75, 3.05) is 18.8 Å². The minimum Gasteiger partial charge on any atom is -0.463 e. The maximum absolute atomic E-state index is 12.8. The second kappa shape index (κ2) is 11.1. The van der Waals surface area contributed by atoms with Crippen LogP contribution in [0.4, 0.5) is 4.79 Å². The third-order valence-corrected chi connectivity index (χ3v) is 6.87. The van der Waals surface area contributed by atoms with E-state index in [2.05, 4.69) is 48.0 Å². The molecule has 0 spiro atoms. The first-order valence-corrected chi connectivity index (χ1v) is 11.8. The van der Waals surface area contributed by atoms with E-state index in [9.17, 15) is 13.2 Å². The SMILES string of the molecule is CCCCCC#CC(CS(=O)(=O)N1CCC(c2ccc(C)cc2)CC1)=NC(=O)O. The van der Waals surface area contributed by atoms with Crippen molar-refractivity contribution in [3.05, 3.63) is 35.4 Å². The van der Waals surface area contributed by atoms with Gasteiger partial charge in [-0.05, 0) is 43.6 Å². The topological polar surface area (TPSA) is 87.0 Å². The number of aryl methyl sites for hydroxylation is 1. The third kappa shape index (κ3) is 7.64. The summed E-state index contributed by atoms with van der Waals surface area (Å²) in [5.74, 6) is 5.39. The van der Waals surface area contributed by atoms with Gasteiger partial charge >= 0.3 is 6.09 Å². The van der Waals surface area contributed by atoms with Crippen LogP contribution in [0.2, 0.25) is 0 Å². The zero-order valence-corrected chi connectivity index (χ0v) is 18.0. The van der Waals surface area contributed by atoms with Crippen LogP contribution < -0.4 is 0 Å². The molecule has 2 rings (SSSR count). The molecule has 1 aliphatic rings. The maximum atomic E-state index is 12.8. The Morgan fingerprint density at radius 2 is 1.86 bits per heavy atom. The monoisotopic (exact) mass is 418 g/mol. The molecular weight excluding hydrogens is 388 g/mol. The van der Waals surface area contributed by atoms with Gasteiger partial charge in [-0.15, -0.1) is 0 Å². The zero-order chi connectivity index (χ0) is 21.3. The first kappa shape index (κ1) is 23.1. The molecule has 1 N–H and O–H groups in total. The number of rotatable bonds is 7. The van der Waals surface area contributed by atoms with E-state index in [1.54, 1.807) is 0 Å². The van der Waals surface area contributed by atoms with E-state index in [-0.39, 0.29) is 5.71 Å². The van der Waals surface area contributed by atoms with Crippen LogP contribution in [0.25, 0.3) is 0 Å². The predicted octanol–water partition coefficient (Wildman–Crippen LogP) is 4.21. The van der Waals surface area contributed by atoms with E-state index < -0.39 is 21.9 Å². The number of sulfonamides is 1. The maximum Gasteiger partial charge on any atom is 0.432 e. The molecule has 158 valence electrons. The van der Waals surface area contributed by atoms with E-state index in [0.717, 1.165) is 32.1 Å². The summed E-state index contributed by atoms with van der Waals surface area (Å²) in [5, 5.41) is 8.95. The molecule has 0 aliphatic carbocycles. The van der Waals surface area contributed by atoms with Crippen LogP contribution in [-0.4, -0.2) is 48.5 Å². The van der Waals surface area contributed by atoms with Gasteiger partial charge in [0.2, 0.25) is 10.0 Å². The van der Waals surface area contributed by atoms with Crippen LogP contribution in [0.15, 0.2) is 29.3 Å². The normalized spacial score (nSPS) is 16.3. The molecule has 1 heterocycles. The number of hydrogen-bond acceptors (Lipinski definition) is 3. The highest BCUT2D eigenvalue weighted by Gasteiger charge is 2.29. The number of benzene rings is 1. The van der Waals surface area contributed by atoms with Gasteiger partial charge in [-0.25, -0.2) is 17.5 Å². The number of amides is 1. The molecule has 1 saturated heterocycles. The first-order chi connectivity index (χ1) is 13.8. The molecule has 0 bridgehead atoms. The Morgan fingerprint density at radius 1 is 1.21 bits per heavy atom. The summed E-state index contributed by atoms with van der Waals surface area (Å²) in [5.41, 5.74) is 2.34. The summed E-state index contributed by atoms with van der Waals surface area (Å²) in [7, 11) is -3.65. The first-order valence-electron chi connectivity index (χ1n) is 10.2. The average molecular weight is 419 g/mol. The van der Waals surface area contributed by atoms with Gasteiger partial charge in [-0.2, -0.15) is 4.99 Å². The van der Waals surface area contributed by atoms with Crippen LogP contribution in [0, 0.1) is 18.8 Å². The summed E-state index contributed by atoms with van der Waals surface area (Å²) in [6, 6.07) is 8.37. The molecule has 1 amide bonds. The number of nitrogens with zero attached hydrogens (tertiary/aromatic N) is 2. The van der Waals surface area contributed by atoms with Crippen LogP contribution in [0.3, 0.4) is 0 Å². The largest absolute Gasteiger partial charge is 0.463 e. The quantitative estimate of drug-likeness (QED) is 0.408. The van der Waals surface area contributed by atoms with Gasteiger partial charge in [0.25, 0.3) is 0 Å². The van der Waals surface area contributed by atoms with Crippen molar-refractivity contribution in [2.24, 2.45) is 4.99 Å².